The summed E-state index contributed by atoms with van der Waals surface area (Å²) in [5, 5.41) is 11.2. The molecule has 5 heteroatoms. The summed E-state index contributed by atoms with van der Waals surface area (Å²) in [7, 11) is 0. The third kappa shape index (κ3) is 4.65. The number of rotatable bonds is 4. The molecular formula is C15H16Cl3NO. The minimum Gasteiger partial charge on any atom is -0.391 e. The van der Waals surface area contributed by atoms with Crippen molar-refractivity contribution in [1.82, 2.24) is 0 Å². The molecule has 0 aromatic heterocycles. The first-order valence-corrected chi connectivity index (χ1v) is 6.75. The van der Waals surface area contributed by atoms with Gasteiger partial charge in [-0.05, 0) is 29.3 Å². The van der Waals surface area contributed by atoms with E-state index in [1.165, 1.54) is 0 Å². The first-order valence-electron chi connectivity index (χ1n) is 6.00. The van der Waals surface area contributed by atoms with E-state index in [0.29, 0.717) is 16.5 Å². The molecule has 0 radical (unpaired) electrons. The van der Waals surface area contributed by atoms with Gasteiger partial charge >= 0.3 is 0 Å². The van der Waals surface area contributed by atoms with Crippen LogP contribution in [0.1, 0.15) is 17.2 Å². The SMILES string of the molecule is Cl.N[C@@H](c1cc(Cl)cc(Cl)c1)[C@H](O)Cc1ccccc1. The summed E-state index contributed by atoms with van der Waals surface area (Å²) in [6, 6.07) is 14.3. The summed E-state index contributed by atoms with van der Waals surface area (Å²) < 4.78 is 0. The van der Waals surface area contributed by atoms with Crippen molar-refractivity contribution >= 4 is 35.6 Å². The van der Waals surface area contributed by atoms with Gasteiger partial charge in [0.25, 0.3) is 0 Å². The van der Waals surface area contributed by atoms with Crippen molar-refractivity contribution in [2.45, 2.75) is 18.6 Å². The van der Waals surface area contributed by atoms with Gasteiger partial charge in [0.1, 0.15) is 0 Å². The van der Waals surface area contributed by atoms with Crippen LogP contribution in [0.3, 0.4) is 0 Å². The third-order valence-corrected chi connectivity index (χ3v) is 3.41. The van der Waals surface area contributed by atoms with E-state index in [4.69, 9.17) is 28.9 Å². The maximum absolute atomic E-state index is 10.2. The lowest BCUT2D eigenvalue weighted by Gasteiger charge is -2.19. The van der Waals surface area contributed by atoms with Crippen molar-refractivity contribution < 1.29 is 5.11 Å². The van der Waals surface area contributed by atoms with Crippen LogP contribution in [0.5, 0.6) is 0 Å². The Kier molecular flexibility index (Phi) is 6.80. The van der Waals surface area contributed by atoms with E-state index in [-0.39, 0.29) is 12.4 Å². The van der Waals surface area contributed by atoms with Gasteiger partial charge < -0.3 is 10.8 Å². The van der Waals surface area contributed by atoms with Crippen LogP contribution >= 0.6 is 35.6 Å². The van der Waals surface area contributed by atoms with E-state index in [0.717, 1.165) is 11.1 Å². The Balaban J connectivity index is 0.00000200. The van der Waals surface area contributed by atoms with Crippen molar-refractivity contribution in [2.75, 3.05) is 0 Å². The molecule has 2 atom stereocenters. The lowest BCUT2D eigenvalue weighted by Crippen LogP contribution is -2.28. The first-order chi connectivity index (χ1) is 9.06. The predicted molar refractivity (Wildman–Crippen MR) is 86.8 cm³/mol. The molecule has 0 aliphatic heterocycles. The molecule has 0 amide bonds. The predicted octanol–water partition coefficient (Wildman–Crippen LogP) is 4.02. The molecular weight excluding hydrogens is 317 g/mol. The van der Waals surface area contributed by atoms with E-state index in [1.807, 2.05) is 30.3 Å². The topological polar surface area (TPSA) is 46.2 Å². The molecule has 0 fully saturated rings. The highest BCUT2D eigenvalue weighted by Gasteiger charge is 2.18. The molecule has 0 bridgehead atoms. The minimum absolute atomic E-state index is 0. The van der Waals surface area contributed by atoms with Gasteiger partial charge in [-0.3, -0.25) is 0 Å². The van der Waals surface area contributed by atoms with Crippen molar-refractivity contribution in [3.8, 4) is 0 Å². The van der Waals surface area contributed by atoms with Crippen molar-refractivity contribution in [1.29, 1.82) is 0 Å². The summed E-state index contributed by atoms with van der Waals surface area (Å²) in [6.07, 6.45) is -0.191. The second kappa shape index (κ2) is 7.87. The zero-order valence-electron chi connectivity index (χ0n) is 10.7. The Morgan fingerprint density at radius 3 is 2.10 bits per heavy atom. The van der Waals surface area contributed by atoms with Crippen molar-refractivity contribution in [3.63, 3.8) is 0 Å². The quantitative estimate of drug-likeness (QED) is 0.888. The van der Waals surface area contributed by atoms with Gasteiger partial charge in [-0.25, -0.2) is 0 Å². The number of aliphatic hydroxyl groups is 1. The molecule has 3 N–H and O–H groups in total. The van der Waals surface area contributed by atoms with Gasteiger partial charge in [0.2, 0.25) is 0 Å². The van der Waals surface area contributed by atoms with Gasteiger partial charge in [0.05, 0.1) is 12.1 Å². The number of hydrogen-bond donors (Lipinski definition) is 2. The second-order valence-corrected chi connectivity index (χ2v) is 5.36. The molecule has 108 valence electrons. The molecule has 0 spiro atoms. The smallest absolute Gasteiger partial charge is 0.0773 e. The van der Waals surface area contributed by atoms with Gasteiger partial charge in [0.15, 0.2) is 0 Å². The highest BCUT2D eigenvalue weighted by molar-refractivity contribution is 6.34. The Morgan fingerprint density at radius 2 is 1.55 bits per heavy atom. The summed E-state index contributed by atoms with van der Waals surface area (Å²) in [4.78, 5) is 0. The number of halogens is 3. The first kappa shape index (κ1) is 17.3. The molecule has 2 aromatic rings. The summed E-state index contributed by atoms with van der Waals surface area (Å²) >= 11 is 11.9. The van der Waals surface area contributed by atoms with Gasteiger partial charge in [-0.15, -0.1) is 12.4 Å². The van der Waals surface area contributed by atoms with Crippen LogP contribution in [0.4, 0.5) is 0 Å². The number of benzene rings is 2. The molecule has 0 heterocycles. The van der Waals surface area contributed by atoms with E-state index < -0.39 is 12.1 Å². The molecule has 20 heavy (non-hydrogen) atoms. The minimum atomic E-state index is -0.683. The molecule has 0 saturated heterocycles. The highest BCUT2D eigenvalue weighted by atomic mass is 35.5. The van der Waals surface area contributed by atoms with Crippen LogP contribution in [0.2, 0.25) is 10.0 Å². The van der Waals surface area contributed by atoms with Crippen molar-refractivity contribution in [3.05, 3.63) is 69.7 Å². The van der Waals surface area contributed by atoms with Crippen LogP contribution in [0.25, 0.3) is 0 Å². The van der Waals surface area contributed by atoms with E-state index in [1.54, 1.807) is 18.2 Å². The Hall–Kier alpha value is -0.770. The highest BCUT2D eigenvalue weighted by Crippen LogP contribution is 2.25. The van der Waals surface area contributed by atoms with Gasteiger partial charge in [-0.1, -0.05) is 53.5 Å². The Labute approximate surface area is 134 Å². The largest absolute Gasteiger partial charge is 0.391 e. The van der Waals surface area contributed by atoms with E-state index >= 15 is 0 Å². The average Bonchev–Trinajstić information content (AvgIpc) is 2.37. The summed E-state index contributed by atoms with van der Waals surface area (Å²) in [5.41, 5.74) is 7.83. The standard InChI is InChI=1S/C15H15Cl2NO.ClH/c16-12-7-11(8-13(17)9-12)15(18)14(19)6-10-4-2-1-3-5-10;/h1-5,7-9,14-15,19H,6,18H2;1H/t14-,15+;/m1./s1. The van der Waals surface area contributed by atoms with Crippen LogP contribution in [0.15, 0.2) is 48.5 Å². The Morgan fingerprint density at radius 1 is 1.00 bits per heavy atom. The lowest BCUT2D eigenvalue weighted by molar-refractivity contribution is 0.145. The van der Waals surface area contributed by atoms with E-state index in [2.05, 4.69) is 0 Å². The van der Waals surface area contributed by atoms with Crippen LogP contribution in [-0.4, -0.2) is 11.2 Å². The monoisotopic (exact) mass is 331 g/mol. The maximum atomic E-state index is 10.2. The summed E-state index contributed by atoms with van der Waals surface area (Å²) in [6.45, 7) is 0. The summed E-state index contributed by atoms with van der Waals surface area (Å²) in [5.74, 6) is 0. The molecule has 2 rings (SSSR count). The molecule has 2 aromatic carbocycles. The fraction of sp³-hybridized carbons (Fsp3) is 0.200. The van der Waals surface area contributed by atoms with Crippen LogP contribution in [0, 0.1) is 0 Å². The molecule has 0 aliphatic carbocycles. The number of aliphatic hydroxyl groups excluding tert-OH is 1. The normalized spacial score (nSPS) is 13.4. The lowest BCUT2D eigenvalue weighted by atomic mass is 9.97. The second-order valence-electron chi connectivity index (χ2n) is 4.49. The average molecular weight is 333 g/mol. The fourth-order valence-corrected chi connectivity index (χ4v) is 2.52. The zero-order valence-corrected chi connectivity index (χ0v) is 13.0. The zero-order chi connectivity index (χ0) is 13.8. The van der Waals surface area contributed by atoms with E-state index in [9.17, 15) is 5.11 Å². The number of nitrogens with two attached hydrogens (primary N) is 1. The van der Waals surface area contributed by atoms with Gasteiger partial charge in [0, 0.05) is 16.5 Å². The Bertz CT molecular complexity index is 528. The molecule has 0 unspecified atom stereocenters. The maximum Gasteiger partial charge on any atom is 0.0773 e. The van der Waals surface area contributed by atoms with Gasteiger partial charge in [-0.2, -0.15) is 0 Å². The van der Waals surface area contributed by atoms with Crippen LogP contribution < -0.4 is 5.73 Å². The van der Waals surface area contributed by atoms with Crippen molar-refractivity contribution in [2.24, 2.45) is 5.73 Å². The number of hydrogen-bond acceptors (Lipinski definition) is 2. The van der Waals surface area contributed by atoms with Crippen LogP contribution in [-0.2, 0) is 6.42 Å². The molecule has 0 aliphatic rings. The molecule has 0 saturated carbocycles. The third-order valence-electron chi connectivity index (χ3n) is 2.97. The molecule has 2 nitrogen and oxygen atoms in total. The fourth-order valence-electron chi connectivity index (χ4n) is 1.97.